The zero-order valence-corrected chi connectivity index (χ0v) is 20.6. The molecule has 0 unspecified atom stereocenters. The maximum atomic E-state index is 12.6. The number of aliphatic carboxylic acids is 1. The van der Waals surface area contributed by atoms with Gasteiger partial charge in [-0.15, -0.1) is 0 Å². The molecule has 0 saturated carbocycles. The van der Waals surface area contributed by atoms with Gasteiger partial charge in [0.25, 0.3) is 5.91 Å². The SMILES string of the molecule is N=C(N)N1CC=C(c2ccc(NC(=O)c3cc(C4=CCN(C(=N)N)CC4)co3)nc2)CC1.O=C(O)C(F)(F)F. The summed E-state index contributed by atoms with van der Waals surface area (Å²) in [4.78, 5) is 29.4. The first-order valence-corrected chi connectivity index (χ1v) is 11.6. The highest BCUT2D eigenvalue weighted by atomic mass is 19.4. The molecular weight excluding hydrogens is 521 g/mol. The van der Waals surface area contributed by atoms with Crippen LogP contribution in [-0.4, -0.2) is 76.0 Å². The van der Waals surface area contributed by atoms with E-state index < -0.39 is 12.1 Å². The van der Waals surface area contributed by atoms with Gasteiger partial charge in [-0.05, 0) is 47.8 Å². The predicted molar refractivity (Wildman–Crippen MR) is 137 cm³/mol. The Bertz CT molecular complexity index is 1300. The van der Waals surface area contributed by atoms with Crippen LogP contribution in [0.25, 0.3) is 11.1 Å². The van der Waals surface area contributed by atoms with Gasteiger partial charge in [-0.1, -0.05) is 12.2 Å². The Hall–Kier alpha value is -4.82. The van der Waals surface area contributed by atoms with Crippen molar-refractivity contribution in [2.24, 2.45) is 11.5 Å². The van der Waals surface area contributed by atoms with Crippen molar-refractivity contribution in [1.29, 1.82) is 10.8 Å². The van der Waals surface area contributed by atoms with Crippen LogP contribution in [0.1, 0.15) is 34.5 Å². The highest BCUT2D eigenvalue weighted by Gasteiger charge is 2.38. The zero-order valence-electron chi connectivity index (χ0n) is 20.6. The van der Waals surface area contributed by atoms with Crippen LogP contribution in [0.2, 0.25) is 0 Å². The summed E-state index contributed by atoms with van der Waals surface area (Å²) < 4.78 is 37.2. The van der Waals surface area contributed by atoms with Crippen LogP contribution in [0, 0.1) is 10.8 Å². The molecule has 4 heterocycles. The van der Waals surface area contributed by atoms with Crippen molar-refractivity contribution in [3.05, 3.63) is 59.7 Å². The van der Waals surface area contributed by atoms with Crippen molar-refractivity contribution in [2.75, 3.05) is 31.5 Å². The summed E-state index contributed by atoms with van der Waals surface area (Å²) in [5.41, 5.74) is 15.1. The highest BCUT2D eigenvalue weighted by molar-refractivity contribution is 6.02. The second-order valence-corrected chi connectivity index (χ2v) is 8.51. The molecular formula is C24H27F3N8O4. The fourth-order valence-corrected chi connectivity index (χ4v) is 3.76. The van der Waals surface area contributed by atoms with E-state index >= 15 is 0 Å². The van der Waals surface area contributed by atoms with Gasteiger partial charge in [0, 0.05) is 37.9 Å². The smallest absolute Gasteiger partial charge is 0.475 e. The largest absolute Gasteiger partial charge is 0.490 e. The van der Waals surface area contributed by atoms with Crippen LogP contribution in [0.3, 0.4) is 0 Å². The molecule has 4 rings (SSSR count). The number of carboxylic acids is 1. The first-order valence-electron chi connectivity index (χ1n) is 11.6. The van der Waals surface area contributed by atoms with E-state index in [9.17, 15) is 18.0 Å². The van der Waals surface area contributed by atoms with Crippen molar-refractivity contribution >= 4 is 40.8 Å². The molecule has 208 valence electrons. The molecule has 39 heavy (non-hydrogen) atoms. The second kappa shape index (κ2) is 12.1. The first kappa shape index (κ1) is 28.7. The Labute approximate surface area is 220 Å². The molecule has 2 aromatic heterocycles. The van der Waals surface area contributed by atoms with Crippen LogP contribution in [0.15, 0.2) is 47.2 Å². The predicted octanol–water partition coefficient (Wildman–Crippen LogP) is 2.53. The van der Waals surface area contributed by atoms with E-state index in [0.29, 0.717) is 32.0 Å². The fraction of sp³-hybridized carbons (Fsp3) is 0.292. The van der Waals surface area contributed by atoms with Gasteiger partial charge in [0.15, 0.2) is 17.7 Å². The topological polar surface area (TPSA) is 199 Å². The van der Waals surface area contributed by atoms with Crippen LogP contribution in [0.4, 0.5) is 19.0 Å². The number of carbonyl (C=O) groups is 2. The third-order valence-electron chi connectivity index (χ3n) is 5.91. The maximum absolute atomic E-state index is 12.6. The Morgan fingerprint density at radius 1 is 1.00 bits per heavy atom. The van der Waals surface area contributed by atoms with Gasteiger partial charge in [0.05, 0.1) is 6.26 Å². The molecule has 8 N–H and O–H groups in total. The molecule has 15 heteroatoms. The number of nitrogens with zero attached hydrogens (tertiary/aromatic N) is 3. The molecule has 1 amide bonds. The quantitative estimate of drug-likeness (QED) is 0.245. The first-order chi connectivity index (χ1) is 18.3. The molecule has 2 aliphatic heterocycles. The number of guanidine groups is 2. The van der Waals surface area contributed by atoms with E-state index in [1.165, 1.54) is 0 Å². The van der Waals surface area contributed by atoms with E-state index in [1.807, 2.05) is 18.2 Å². The fourth-order valence-electron chi connectivity index (χ4n) is 3.76. The molecule has 12 nitrogen and oxygen atoms in total. The summed E-state index contributed by atoms with van der Waals surface area (Å²) in [5.74, 6) is -2.34. The van der Waals surface area contributed by atoms with Crippen molar-refractivity contribution in [1.82, 2.24) is 14.8 Å². The van der Waals surface area contributed by atoms with Crippen molar-refractivity contribution < 1.29 is 32.3 Å². The number of nitrogens with two attached hydrogens (primary N) is 2. The molecule has 2 aliphatic rings. The summed E-state index contributed by atoms with van der Waals surface area (Å²) in [7, 11) is 0. The van der Waals surface area contributed by atoms with E-state index in [-0.39, 0.29) is 23.6 Å². The third kappa shape index (κ3) is 7.83. The maximum Gasteiger partial charge on any atom is 0.490 e. The van der Waals surface area contributed by atoms with E-state index in [4.69, 9.17) is 36.6 Å². The molecule has 0 saturated heterocycles. The second-order valence-electron chi connectivity index (χ2n) is 8.51. The Morgan fingerprint density at radius 2 is 1.54 bits per heavy atom. The molecule has 0 radical (unpaired) electrons. The number of pyridine rings is 1. The number of carbonyl (C=O) groups excluding carboxylic acids is 1. The number of nitrogens with one attached hydrogen (secondary N) is 3. The summed E-state index contributed by atoms with van der Waals surface area (Å²) in [5, 5.41) is 24.9. The summed E-state index contributed by atoms with van der Waals surface area (Å²) in [6.45, 7) is 2.53. The number of halogens is 3. The molecule has 0 fully saturated rings. The van der Waals surface area contributed by atoms with Gasteiger partial charge < -0.3 is 36.1 Å². The van der Waals surface area contributed by atoms with Gasteiger partial charge in [0.2, 0.25) is 0 Å². The van der Waals surface area contributed by atoms with Gasteiger partial charge in [-0.2, -0.15) is 13.2 Å². The van der Waals surface area contributed by atoms with Gasteiger partial charge in [-0.3, -0.25) is 15.6 Å². The lowest BCUT2D eigenvalue weighted by molar-refractivity contribution is -0.192. The lowest BCUT2D eigenvalue weighted by Crippen LogP contribution is -2.39. The number of furan rings is 1. The van der Waals surface area contributed by atoms with Crippen LogP contribution in [-0.2, 0) is 4.79 Å². The van der Waals surface area contributed by atoms with Crippen LogP contribution >= 0.6 is 0 Å². The molecule has 0 bridgehead atoms. The lowest BCUT2D eigenvalue weighted by atomic mass is 10.0. The average Bonchev–Trinajstić information content (AvgIpc) is 3.40. The van der Waals surface area contributed by atoms with Crippen molar-refractivity contribution in [2.45, 2.75) is 19.0 Å². The number of hydrogen-bond acceptors (Lipinski definition) is 6. The number of alkyl halides is 3. The number of amides is 1. The van der Waals surface area contributed by atoms with Crippen LogP contribution in [0.5, 0.6) is 0 Å². The minimum atomic E-state index is -5.08. The normalized spacial score (nSPS) is 15.4. The molecule has 0 aliphatic carbocycles. The number of aromatic nitrogens is 1. The molecule has 0 atom stereocenters. The molecule has 2 aromatic rings. The van der Waals surface area contributed by atoms with E-state index in [0.717, 1.165) is 35.1 Å². The number of rotatable bonds is 4. The Morgan fingerprint density at radius 3 is 1.95 bits per heavy atom. The number of carboxylic acid groups (broad SMARTS) is 1. The summed E-state index contributed by atoms with van der Waals surface area (Å²) >= 11 is 0. The highest BCUT2D eigenvalue weighted by Crippen LogP contribution is 2.25. The lowest BCUT2D eigenvalue weighted by Gasteiger charge is -2.26. The standard InChI is InChI=1S/C22H26N8O2.C2HF3O2/c23-21(24)29-7-3-14(4-8-29)16-1-2-19(27-12-16)28-20(31)18-11-17(13-32-18)15-5-9-30(10-6-15)22(25)26;3-2(4,5)1(6)7/h1-3,5,11-13H,4,6-10H2,(H3,23,24)(H3,25,26)(H,27,28,31);(H,6,7). The average molecular weight is 549 g/mol. The Kier molecular flexibility index (Phi) is 8.96. The third-order valence-corrected chi connectivity index (χ3v) is 5.91. The van der Waals surface area contributed by atoms with Gasteiger partial charge in [-0.25, -0.2) is 9.78 Å². The Balaban J connectivity index is 0.000000532. The number of anilines is 1. The molecule has 0 spiro atoms. The molecule has 0 aromatic carbocycles. The number of hydrogen-bond donors (Lipinski definition) is 6. The summed E-state index contributed by atoms with van der Waals surface area (Å²) in [6, 6.07) is 5.39. The van der Waals surface area contributed by atoms with E-state index in [2.05, 4.69) is 10.3 Å². The van der Waals surface area contributed by atoms with E-state index in [1.54, 1.807) is 34.4 Å². The van der Waals surface area contributed by atoms with Crippen LogP contribution < -0.4 is 16.8 Å². The van der Waals surface area contributed by atoms with Crippen molar-refractivity contribution in [3.8, 4) is 0 Å². The van der Waals surface area contributed by atoms with Gasteiger partial charge >= 0.3 is 12.1 Å². The minimum Gasteiger partial charge on any atom is -0.475 e. The van der Waals surface area contributed by atoms with Gasteiger partial charge in [0.1, 0.15) is 5.82 Å². The minimum absolute atomic E-state index is 0.0592. The zero-order chi connectivity index (χ0) is 28.7. The monoisotopic (exact) mass is 548 g/mol. The summed E-state index contributed by atoms with van der Waals surface area (Å²) in [6.07, 6.45) is 3.76. The van der Waals surface area contributed by atoms with Crippen molar-refractivity contribution in [3.63, 3.8) is 0 Å².